The molecule has 0 aromatic carbocycles. The van der Waals surface area contributed by atoms with Crippen molar-refractivity contribution in [2.75, 3.05) is 17.7 Å². The first-order chi connectivity index (χ1) is 8.54. The fourth-order valence-corrected chi connectivity index (χ4v) is 2.30. The molecule has 0 radical (unpaired) electrons. The Hall–Kier alpha value is -0.840. The van der Waals surface area contributed by atoms with Gasteiger partial charge in [-0.2, -0.15) is 0 Å². The standard InChI is InChI=1S/C13H23BrN4/c1-9(2)6-5-7-10(3)18-13-11(14)12(15-4)16-8-17-13/h8-10H,5-7H2,1-4H3,(H2,15,16,17,18). The highest BCUT2D eigenvalue weighted by Crippen LogP contribution is 2.26. The van der Waals surface area contributed by atoms with Gasteiger partial charge in [-0.15, -0.1) is 0 Å². The van der Waals surface area contributed by atoms with Crippen molar-refractivity contribution in [3.8, 4) is 0 Å². The summed E-state index contributed by atoms with van der Waals surface area (Å²) in [5, 5.41) is 6.45. The Morgan fingerprint density at radius 2 is 1.83 bits per heavy atom. The van der Waals surface area contributed by atoms with Gasteiger partial charge in [-0.05, 0) is 35.2 Å². The lowest BCUT2D eigenvalue weighted by Gasteiger charge is -2.16. The lowest BCUT2D eigenvalue weighted by atomic mass is 10.0. The van der Waals surface area contributed by atoms with Crippen LogP contribution in [0.1, 0.15) is 40.0 Å². The molecule has 2 N–H and O–H groups in total. The Morgan fingerprint density at radius 1 is 1.17 bits per heavy atom. The average molecular weight is 315 g/mol. The summed E-state index contributed by atoms with van der Waals surface area (Å²) in [7, 11) is 1.85. The third-order valence-corrected chi connectivity index (χ3v) is 3.58. The van der Waals surface area contributed by atoms with E-state index in [-0.39, 0.29) is 0 Å². The molecule has 1 atom stereocenters. The van der Waals surface area contributed by atoms with E-state index < -0.39 is 0 Å². The third-order valence-electron chi connectivity index (χ3n) is 2.83. The second kappa shape index (κ2) is 7.56. The van der Waals surface area contributed by atoms with Gasteiger partial charge in [0, 0.05) is 13.1 Å². The zero-order valence-electron chi connectivity index (χ0n) is 11.6. The van der Waals surface area contributed by atoms with E-state index in [4.69, 9.17) is 0 Å². The number of rotatable bonds is 7. The fourth-order valence-electron chi connectivity index (χ4n) is 1.78. The molecule has 0 bridgehead atoms. The number of nitrogens with zero attached hydrogens (tertiary/aromatic N) is 2. The molecule has 1 heterocycles. The zero-order valence-corrected chi connectivity index (χ0v) is 13.2. The molecule has 0 saturated carbocycles. The molecule has 0 aliphatic rings. The maximum Gasteiger partial charge on any atom is 0.146 e. The van der Waals surface area contributed by atoms with Crippen molar-refractivity contribution < 1.29 is 0 Å². The van der Waals surface area contributed by atoms with E-state index in [2.05, 4.69) is 57.3 Å². The normalized spacial score (nSPS) is 12.6. The highest BCUT2D eigenvalue weighted by atomic mass is 79.9. The maximum absolute atomic E-state index is 4.26. The number of aromatic nitrogens is 2. The monoisotopic (exact) mass is 314 g/mol. The number of nitrogens with one attached hydrogen (secondary N) is 2. The van der Waals surface area contributed by atoms with Crippen LogP contribution in [0.2, 0.25) is 0 Å². The quantitative estimate of drug-likeness (QED) is 0.801. The molecule has 1 rings (SSSR count). The second-order valence-corrected chi connectivity index (χ2v) is 5.80. The van der Waals surface area contributed by atoms with Gasteiger partial charge in [0.05, 0.1) is 0 Å². The summed E-state index contributed by atoms with van der Waals surface area (Å²) >= 11 is 3.51. The molecule has 18 heavy (non-hydrogen) atoms. The third kappa shape index (κ3) is 4.80. The summed E-state index contributed by atoms with van der Waals surface area (Å²) in [5.74, 6) is 2.44. The summed E-state index contributed by atoms with van der Waals surface area (Å²) in [6.45, 7) is 6.71. The first-order valence-electron chi connectivity index (χ1n) is 6.49. The van der Waals surface area contributed by atoms with Crippen LogP contribution in [-0.4, -0.2) is 23.1 Å². The minimum Gasteiger partial charge on any atom is -0.372 e. The number of hydrogen-bond donors (Lipinski definition) is 2. The van der Waals surface area contributed by atoms with Crippen LogP contribution in [0.3, 0.4) is 0 Å². The highest BCUT2D eigenvalue weighted by Gasteiger charge is 2.10. The fraction of sp³-hybridized carbons (Fsp3) is 0.692. The van der Waals surface area contributed by atoms with Crippen molar-refractivity contribution in [1.29, 1.82) is 0 Å². The second-order valence-electron chi connectivity index (χ2n) is 5.01. The van der Waals surface area contributed by atoms with E-state index in [1.54, 1.807) is 6.33 Å². The molecule has 0 fully saturated rings. The Bertz CT molecular complexity index is 368. The number of hydrogen-bond acceptors (Lipinski definition) is 4. The van der Waals surface area contributed by atoms with Crippen LogP contribution in [0.5, 0.6) is 0 Å². The smallest absolute Gasteiger partial charge is 0.146 e. The van der Waals surface area contributed by atoms with E-state index in [0.29, 0.717) is 6.04 Å². The lowest BCUT2D eigenvalue weighted by molar-refractivity contribution is 0.520. The summed E-state index contributed by atoms with van der Waals surface area (Å²) in [5.41, 5.74) is 0. The van der Waals surface area contributed by atoms with Crippen LogP contribution in [0.25, 0.3) is 0 Å². The predicted molar refractivity (Wildman–Crippen MR) is 81.1 cm³/mol. The Balaban J connectivity index is 2.51. The first kappa shape index (κ1) is 15.2. The van der Waals surface area contributed by atoms with Crippen LogP contribution >= 0.6 is 15.9 Å². The van der Waals surface area contributed by atoms with Crippen LogP contribution in [0.4, 0.5) is 11.6 Å². The van der Waals surface area contributed by atoms with Crippen molar-refractivity contribution >= 4 is 27.6 Å². The highest BCUT2D eigenvalue weighted by molar-refractivity contribution is 9.10. The molecule has 102 valence electrons. The van der Waals surface area contributed by atoms with Crippen molar-refractivity contribution in [3.63, 3.8) is 0 Å². The van der Waals surface area contributed by atoms with Crippen LogP contribution < -0.4 is 10.6 Å². The zero-order chi connectivity index (χ0) is 13.5. The van der Waals surface area contributed by atoms with Gasteiger partial charge in [-0.3, -0.25) is 0 Å². The lowest BCUT2D eigenvalue weighted by Crippen LogP contribution is -2.17. The Labute approximate surface area is 118 Å². The molecule has 0 amide bonds. The van der Waals surface area contributed by atoms with Crippen LogP contribution in [-0.2, 0) is 0 Å². The first-order valence-corrected chi connectivity index (χ1v) is 7.28. The van der Waals surface area contributed by atoms with Gasteiger partial charge in [0.15, 0.2) is 0 Å². The van der Waals surface area contributed by atoms with Gasteiger partial charge in [0.1, 0.15) is 22.4 Å². The minimum atomic E-state index is 0.416. The maximum atomic E-state index is 4.26. The van der Waals surface area contributed by atoms with E-state index in [0.717, 1.165) is 28.4 Å². The van der Waals surface area contributed by atoms with Crippen LogP contribution in [0.15, 0.2) is 10.8 Å². The average Bonchev–Trinajstić information content (AvgIpc) is 2.31. The molecule has 4 nitrogen and oxygen atoms in total. The minimum absolute atomic E-state index is 0.416. The molecule has 1 aromatic rings. The molecular weight excluding hydrogens is 292 g/mol. The summed E-state index contributed by atoms with van der Waals surface area (Å²) in [6, 6.07) is 0.416. The molecule has 0 aliphatic carbocycles. The van der Waals surface area contributed by atoms with Crippen LogP contribution in [0, 0.1) is 5.92 Å². The largest absolute Gasteiger partial charge is 0.372 e. The summed E-state index contributed by atoms with van der Waals surface area (Å²) in [6.07, 6.45) is 5.25. The molecule has 0 saturated heterocycles. The SMILES string of the molecule is CNc1ncnc(NC(C)CCCC(C)C)c1Br. The van der Waals surface area contributed by atoms with Gasteiger partial charge in [-0.1, -0.05) is 26.7 Å². The molecule has 0 aliphatic heterocycles. The van der Waals surface area contributed by atoms with E-state index in [1.165, 1.54) is 12.8 Å². The van der Waals surface area contributed by atoms with Gasteiger partial charge >= 0.3 is 0 Å². The number of anilines is 2. The van der Waals surface area contributed by atoms with Gasteiger partial charge in [0.25, 0.3) is 0 Å². The van der Waals surface area contributed by atoms with E-state index >= 15 is 0 Å². The topological polar surface area (TPSA) is 49.8 Å². The Morgan fingerprint density at radius 3 is 2.44 bits per heavy atom. The Kier molecular flexibility index (Phi) is 6.39. The van der Waals surface area contributed by atoms with Gasteiger partial charge in [0.2, 0.25) is 0 Å². The van der Waals surface area contributed by atoms with Gasteiger partial charge in [-0.25, -0.2) is 9.97 Å². The van der Waals surface area contributed by atoms with Crippen molar-refractivity contribution in [2.45, 2.75) is 46.1 Å². The molecular formula is C13H23BrN4. The molecule has 0 spiro atoms. The van der Waals surface area contributed by atoms with Crippen molar-refractivity contribution in [3.05, 3.63) is 10.8 Å². The summed E-state index contributed by atoms with van der Waals surface area (Å²) in [4.78, 5) is 8.40. The van der Waals surface area contributed by atoms with Crippen molar-refractivity contribution in [1.82, 2.24) is 9.97 Å². The molecule has 1 unspecified atom stereocenters. The summed E-state index contributed by atoms with van der Waals surface area (Å²) < 4.78 is 0.892. The molecule has 5 heteroatoms. The van der Waals surface area contributed by atoms with E-state index in [9.17, 15) is 0 Å². The predicted octanol–water partition coefficient (Wildman–Crippen LogP) is 3.91. The van der Waals surface area contributed by atoms with Gasteiger partial charge < -0.3 is 10.6 Å². The van der Waals surface area contributed by atoms with E-state index in [1.807, 2.05) is 7.05 Å². The molecule has 1 aromatic heterocycles. The number of halogens is 1. The van der Waals surface area contributed by atoms with Crippen molar-refractivity contribution in [2.24, 2.45) is 5.92 Å².